The van der Waals surface area contributed by atoms with Crippen molar-refractivity contribution in [3.8, 4) is 5.75 Å². The van der Waals surface area contributed by atoms with Gasteiger partial charge in [-0.25, -0.2) is 22.6 Å². The molecular formula is C29H33F4N3O2. The molecule has 1 aliphatic heterocycles. The van der Waals surface area contributed by atoms with E-state index in [1.54, 1.807) is 18.4 Å². The third kappa shape index (κ3) is 5.93. The number of hydrogen-bond acceptors (Lipinski definition) is 4. The van der Waals surface area contributed by atoms with Crippen molar-refractivity contribution in [2.75, 3.05) is 6.61 Å². The molecule has 0 saturated carbocycles. The first kappa shape index (κ1) is 29.0. The minimum atomic E-state index is -2.38. The van der Waals surface area contributed by atoms with Gasteiger partial charge in [0.05, 0.1) is 12.3 Å². The van der Waals surface area contributed by atoms with Crippen LogP contribution >= 0.6 is 0 Å². The molecule has 1 aliphatic rings. The van der Waals surface area contributed by atoms with Gasteiger partial charge in [-0.1, -0.05) is 38.6 Å². The van der Waals surface area contributed by atoms with E-state index in [-0.39, 0.29) is 17.0 Å². The molecule has 0 aliphatic carbocycles. The fraction of sp³-hybridized carbons (Fsp3) is 0.345. The topological polar surface area (TPSA) is 71.1 Å². The maximum atomic E-state index is 15.5. The summed E-state index contributed by atoms with van der Waals surface area (Å²) in [6.45, 7) is 9.60. The van der Waals surface area contributed by atoms with E-state index in [4.69, 9.17) is 10.5 Å². The number of hydrogen-bond donors (Lipinski definition) is 2. The van der Waals surface area contributed by atoms with Crippen molar-refractivity contribution < 1.29 is 27.4 Å². The van der Waals surface area contributed by atoms with E-state index >= 15 is 8.78 Å². The zero-order valence-corrected chi connectivity index (χ0v) is 21.9. The molecule has 0 amide bonds. The van der Waals surface area contributed by atoms with Crippen molar-refractivity contribution in [2.24, 2.45) is 16.8 Å². The molecule has 5 nitrogen and oxygen atoms in total. The van der Waals surface area contributed by atoms with Gasteiger partial charge in [0, 0.05) is 29.7 Å². The number of nitrogens with zero attached hydrogens (tertiary/aromatic N) is 2. The number of hydrazone groups is 1. The zero-order valence-electron chi connectivity index (χ0n) is 21.9. The highest BCUT2D eigenvalue weighted by Crippen LogP contribution is 2.40. The number of benzene rings is 2. The summed E-state index contributed by atoms with van der Waals surface area (Å²) < 4.78 is 64.9. The number of amidine groups is 1. The van der Waals surface area contributed by atoms with Crippen LogP contribution in [0.2, 0.25) is 0 Å². The molecule has 38 heavy (non-hydrogen) atoms. The van der Waals surface area contributed by atoms with Crippen LogP contribution in [-0.4, -0.2) is 28.2 Å². The number of rotatable bonds is 10. The van der Waals surface area contributed by atoms with Crippen LogP contribution in [0.4, 0.5) is 17.6 Å². The third-order valence-electron chi connectivity index (χ3n) is 6.94. The molecule has 0 aromatic heterocycles. The molecule has 2 aromatic rings. The van der Waals surface area contributed by atoms with Gasteiger partial charge in [0.15, 0.2) is 17.4 Å². The van der Waals surface area contributed by atoms with Crippen molar-refractivity contribution in [2.45, 2.75) is 51.8 Å². The summed E-state index contributed by atoms with van der Waals surface area (Å²) in [7, 11) is 0. The molecule has 9 heteroatoms. The predicted octanol–water partition coefficient (Wildman–Crippen LogP) is 6.55. The second-order valence-corrected chi connectivity index (χ2v) is 9.67. The zero-order chi connectivity index (χ0) is 28.3. The van der Waals surface area contributed by atoms with Gasteiger partial charge in [-0.15, -0.1) is 0 Å². The Morgan fingerprint density at radius 1 is 1.16 bits per heavy atom. The van der Waals surface area contributed by atoms with Crippen molar-refractivity contribution in [3.05, 3.63) is 95.6 Å². The maximum Gasteiger partial charge on any atom is 0.191 e. The highest BCUT2D eigenvalue weighted by atomic mass is 19.1. The highest BCUT2D eigenvalue weighted by Gasteiger charge is 2.46. The van der Waals surface area contributed by atoms with E-state index < -0.39 is 47.5 Å². The fourth-order valence-corrected chi connectivity index (χ4v) is 3.85. The summed E-state index contributed by atoms with van der Waals surface area (Å²) in [5, 5.41) is 16.6. The normalized spacial score (nSPS) is 18.0. The van der Waals surface area contributed by atoms with Crippen molar-refractivity contribution in [1.29, 1.82) is 0 Å². The Balaban J connectivity index is 1.77. The Hall–Kier alpha value is -3.59. The third-order valence-corrected chi connectivity index (χ3v) is 6.94. The van der Waals surface area contributed by atoms with Crippen molar-refractivity contribution >= 4 is 11.4 Å². The molecule has 0 spiro atoms. The van der Waals surface area contributed by atoms with Gasteiger partial charge in [0.25, 0.3) is 0 Å². The summed E-state index contributed by atoms with van der Waals surface area (Å²) in [6.07, 6.45) is 5.05. The van der Waals surface area contributed by atoms with E-state index in [1.165, 1.54) is 29.3 Å². The molecule has 1 heterocycles. The van der Waals surface area contributed by atoms with Crippen LogP contribution in [0, 0.1) is 23.4 Å². The quantitative estimate of drug-likeness (QED) is 0.207. The Morgan fingerprint density at radius 3 is 2.47 bits per heavy atom. The fourth-order valence-electron chi connectivity index (χ4n) is 3.85. The molecule has 204 valence electrons. The van der Waals surface area contributed by atoms with Gasteiger partial charge in [0.1, 0.15) is 22.9 Å². The Labute approximate surface area is 220 Å². The lowest BCUT2D eigenvalue weighted by Gasteiger charge is -2.37. The number of halogens is 4. The van der Waals surface area contributed by atoms with E-state index in [0.717, 1.165) is 32.4 Å². The van der Waals surface area contributed by atoms with Crippen LogP contribution in [0.5, 0.6) is 5.75 Å². The number of allylic oxidation sites excluding steroid dienone is 3. The molecule has 3 atom stereocenters. The standard InChI is InChI=1S/C29H33F4N3O2/c1-6-18(2)27(34)35-36-15-13-20(17-19(36)3)21-11-12-24(31)26(25(21)32)38-16-14-28(4,33)29(5,37)22-9-7-8-10-23(22)30/h7-13,15,17-18,37H,3,6,14,16H2,1-2,4-5H3,(H2,34,35). The molecule has 3 unspecified atom stereocenters. The number of alkyl halides is 1. The lowest BCUT2D eigenvalue weighted by atomic mass is 9.79. The lowest BCUT2D eigenvalue weighted by molar-refractivity contribution is -0.0975. The second kappa shape index (κ2) is 11.4. The Kier molecular flexibility index (Phi) is 8.72. The average Bonchev–Trinajstić information content (AvgIpc) is 2.86. The molecule has 3 rings (SSSR count). The van der Waals surface area contributed by atoms with Gasteiger partial charge in [0.2, 0.25) is 0 Å². The first-order valence-electron chi connectivity index (χ1n) is 12.3. The van der Waals surface area contributed by atoms with Crippen molar-refractivity contribution in [3.63, 3.8) is 0 Å². The summed E-state index contributed by atoms with van der Waals surface area (Å²) in [5.74, 6) is -2.92. The first-order chi connectivity index (χ1) is 17.8. The summed E-state index contributed by atoms with van der Waals surface area (Å²) >= 11 is 0. The van der Waals surface area contributed by atoms with Crippen LogP contribution in [0.15, 0.2) is 72.1 Å². The molecule has 0 radical (unpaired) electrons. The molecule has 3 N–H and O–H groups in total. The van der Waals surface area contributed by atoms with E-state index in [1.807, 2.05) is 13.8 Å². The van der Waals surface area contributed by atoms with Gasteiger partial charge in [-0.05, 0) is 56.2 Å². The van der Waals surface area contributed by atoms with E-state index in [2.05, 4.69) is 11.7 Å². The molecule has 2 aromatic carbocycles. The smallest absolute Gasteiger partial charge is 0.191 e. The minimum Gasteiger partial charge on any atom is -0.487 e. The summed E-state index contributed by atoms with van der Waals surface area (Å²) in [5.41, 5.74) is 2.03. The van der Waals surface area contributed by atoms with Crippen LogP contribution < -0.4 is 10.5 Å². The lowest BCUT2D eigenvalue weighted by Crippen LogP contribution is -2.45. The SMILES string of the molecule is C=C1C=C(c2ccc(F)c(OCCC(C)(F)C(C)(O)c3ccccc3F)c2F)C=CN1/N=C(/N)C(C)CC. The van der Waals surface area contributed by atoms with E-state index in [0.29, 0.717) is 17.1 Å². The monoisotopic (exact) mass is 531 g/mol. The number of aliphatic hydroxyl groups is 1. The van der Waals surface area contributed by atoms with Crippen LogP contribution in [0.25, 0.3) is 5.57 Å². The first-order valence-corrected chi connectivity index (χ1v) is 12.3. The van der Waals surface area contributed by atoms with Gasteiger partial charge in [-0.2, -0.15) is 5.10 Å². The van der Waals surface area contributed by atoms with Crippen molar-refractivity contribution in [1.82, 2.24) is 5.01 Å². The van der Waals surface area contributed by atoms with Gasteiger partial charge >= 0.3 is 0 Å². The average molecular weight is 532 g/mol. The highest BCUT2D eigenvalue weighted by molar-refractivity contribution is 5.83. The summed E-state index contributed by atoms with van der Waals surface area (Å²) in [6, 6.07) is 7.59. The second-order valence-electron chi connectivity index (χ2n) is 9.67. The maximum absolute atomic E-state index is 15.5. The Bertz CT molecular complexity index is 1280. The van der Waals surface area contributed by atoms with Gasteiger partial charge < -0.3 is 15.6 Å². The van der Waals surface area contributed by atoms with Crippen LogP contribution in [0.1, 0.15) is 51.7 Å². The minimum absolute atomic E-state index is 0.0405. The van der Waals surface area contributed by atoms with Crippen LogP contribution in [-0.2, 0) is 5.60 Å². The Morgan fingerprint density at radius 2 is 1.84 bits per heavy atom. The largest absolute Gasteiger partial charge is 0.487 e. The molecule has 0 bridgehead atoms. The molecule has 0 fully saturated rings. The molecular weight excluding hydrogens is 498 g/mol. The number of nitrogens with two attached hydrogens (primary N) is 1. The molecule has 0 saturated heterocycles. The van der Waals surface area contributed by atoms with E-state index in [9.17, 15) is 13.9 Å². The van der Waals surface area contributed by atoms with Gasteiger partial charge in [-0.3, -0.25) is 0 Å². The number of ether oxygens (including phenoxy) is 1. The van der Waals surface area contributed by atoms with Crippen LogP contribution in [0.3, 0.4) is 0 Å². The summed E-state index contributed by atoms with van der Waals surface area (Å²) in [4.78, 5) is 0. The predicted molar refractivity (Wildman–Crippen MR) is 141 cm³/mol.